The molecule has 0 unspecified atom stereocenters. The molecule has 5 rings (SSSR count). The Kier molecular flexibility index (Phi) is 7.06. The number of methoxy groups -OCH3 is 1. The van der Waals surface area contributed by atoms with Gasteiger partial charge in [-0.3, -0.25) is 9.59 Å². The minimum atomic E-state index is -0.630. The number of ether oxygens (including phenoxy) is 1. The Bertz CT molecular complexity index is 1360. The number of halogens is 1. The Balaban J connectivity index is 1.36. The number of anilines is 1. The number of para-hydroxylation sites is 1. The molecular formula is C27H23ClN4O3S. The van der Waals surface area contributed by atoms with Gasteiger partial charge in [0, 0.05) is 18.4 Å². The average Bonchev–Trinajstić information content (AvgIpc) is 3.50. The zero-order valence-corrected chi connectivity index (χ0v) is 21.0. The summed E-state index contributed by atoms with van der Waals surface area (Å²) in [6.45, 7) is 0. The molecule has 7 nitrogen and oxygen atoms in total. The molecule has 3 aromatic rings. The monoisotopic (exact) mass is 518 g/mol. The lowest BCUT2D eigenvalue weighted by Crippen LogP contribution is -2.25. The number of hydrogen-bond donors (Lipinski definition) is 1. The fourth-order valence-corrected chi connectivity index (χ4v) is 5.38. The number of carbonyl (C=O) groups is 2. The van der Waals surface area contributed by atoms with Crippen molar-refractivity contribution in [1.29, 1.82) is 0 Å². The minimum Gasteiger partial charge on any atom is -0.497 e. The number of hydrazone groups is 1. The molecule has 3 aromatic carbocycles. The molecule has 182 valence electrons. The number of rotatable bonds is 6. The summed E-state index contributed by atoms with van der Waals surface area (Å²) in [5.74, 6) is 0.102. The Labute approximate surface area is 218 Å². The largest absolute Gasteiger partial charge is 0.497 e. The summed E-state index contributed by atoms with van der Waals surface area (Å²) in [5, 5.41) is 9.75. The van der Waals surface area contributed by atoms with Crippen molar-refractivity contribution in [3.05, 3.63) is 95.0 Å². The van der Waals surface area contributed by atoms with E-state index in [2.05, 4.69) is 10.3 Å². The number of hydrogen-bond acceptors (Lipinski definition) is 6. The molecule has 0 aromatic heterocycles. The third kappa shape index (κ3) is 5.15. The first-order chi connectivity index (χ1) is 17.5. The summed E-state index contributed by atoms with van der Waals surface area (Å²) in [5.41, 5.74) is 3.40. The number of carbonyl (C=O) groups excluding carboxylic acids is 2. The maximum Gasteiger partial charge on any atom is 0.262 e. The van der Waals surface area contributed by atoms with E-state index in [1.807, 2.05) is 54.6 Å². The summed E-state index contributed by atoms with van der Waals surface area (Å²) >= 11 is 7.40. The third-order valence-electron chi connectivity index (χ3n) is 5.94. The van der Waals surface area contributed by atoms with Gasteiger partial charge in [-0.1, -0.05) is 78.0 Å². The van der Waals surface area contributed by atoms with E-state index in [1.165, 1.54) is 11.8 Å². The average molecular weight is 519 g/mol. The second-order valence-corrected chi connectivity index (χ2v) is 9.90. The molecule has 2 atom stereocenters. The van der Waals surface area contributed by atoms with Gasteiger partial charge in [0.05, 0.1) is 29.6 Å². The minimum absolute atomic E-state index is 0.0159. The van der Waals surface area contributed by atoms with Crippen LogP contribution in [-0.2, 0) is 9.59 Å². The van der Waals surface area contributed by atoms with E-state index in [0.29, 0.717) is 22.3 Å². The van der Waals surface area contributed by atoms with Crippen LogP contribution in [0.5, 0.6) is 5.75 Å². The third-order valence-corrected chi connectivity index (χ3v) is 7.41. The summed E-state index contributed by atoms with van der Waals surface area (Å²) in [6.07, 6.45) is 0.626. The zero-order valence-electron chi connectivity index (χ0n) is 19.4. The van der Waals surface area contributed by atoms with Crippen LogP contribution in [0, 0.1) is 0 Å². The van der Waals surface area contributed by atoms with Gasteiger partial charge in [-0.25, -0.2) is 5.01 Å². The van der Waals surface area contributed by atoms with Crippen molar-refractivity contribution in [2.45, 2.75) is 24.1 Å². The SMILES string of the molecule is COc1cccc(C2=NN(C3=NC(=O)[C@@H](CC(=O)Nc4ccccc4Cl)S3)[C@H](c3ccccc3)C2)c1. The maximum atomic E-state index is 12.8. The molecule has 0 fully saturated rings. The molecule has 2 heterocycles. The summed E-state index contributed by atoms with van der Waals surface area (Å²) in [6, 6.07) is 24.6. The first kappa shape index (κ1) is 24.1. The highest BCUT2D eigenvalue weighted by molar-refractivity contribution is 8.15. The Hall–Kier alpha value is -3.62. The van der Waals surface area contributed by atoms with Gasteiger partial charge in [-0.05, 0) is 29.8 Å². The van der Waals surface area contributed by atoms with Crippen LogP contribution in [0.25, 0.3) is 0 Å². The van der Waals surface area contributed by atoms with Gasteiger partial charge in [0.15, 0.2) is 5.17 Å². The highest BCUT2D eigenvalue weighted by atomic mass is 35.5. The van der Waals surface area contributed by atoms with Gasteiger partial charge in [0.2, 0.25) is 5.91 Å². The number of aliphatic imine (C=N–C) groups is 1. The van der Waals surface area contributed by atoms with Crippen LogP contribution in [0.3, 0.4) is 0 Å². The van der Waals surface area contributed by atoms with Crippen LogP contribution >= 0.6 is 23.4 Å². The van der Waals surface area contributed by atoms with Crippen LogP contribution in [0.2, 0.25) is 5.02 Å². The molecule has 0 saturated heterocycles. The van der Waals surface area contributed by atoms with Gasteiger partial charge >= 0.3 is 0 Å². The quantitative estimate of drug-likeness (QED) is 0.464. The van der Waals surface area contributed by atoms with Crippen LogP contribution < -0.4 is 10.1 Å². The summed E-state index contributed by atoms with van der Waals surface area (Å²) < 4.78 is 5.38. The fraction of sp³-hybridized carbons (Fsp3) is 0.185. The van der Waals surface area contributed by atoms with Gasteiger partial charge in [-0.15, -0.1) is 0 Å². The van der Waals surface area contributed by atoms with Crippen LogP contribution in [0.15, 0.2) is 89.0 Å². The van der Waals surface area contributed by atoms with E-state index in [1.54, 1.807) is 36.4 Å². The van der Waals surface area contributed by atoms with Crippen molar-refractivity contribution in [1.82, 2.24) is 5.01 Å². The van der Waals surface area contributed by atoms with Gasteiger partial charge in [0.25, 0.3) is 5.91 Å². The normalized spacial score (nSPS) is 19.2. The molecule has 0 aliphatic carbocycles. The summed E-state index contributed by atoms with van der Waals surface area (Å²) in [7, 11) is 1.63. The number of nitrogens with zero attached hydrogens (tertiary/aromatic N) is 3. The second-order valence-electron chi connectivity index (χ2n) is 8.33. The molecule has 0 spiro atoms. The van der Waals surface area contributed by atoms with E-state index in [9.17, 15) is 9.59 Å². The number of benzene rings is 3. The highest BCUT2D eigenvalue weighted by Gasteiger charge is 2.39. The van der Waals surface area contributed by atoms with Crippen LogP contribution in [0.1, 0.15) is 30.0 Å². The van der Waals surface area contributed by atoms with Gasteiger partial charge in [0.1, 0.15) is 11.0 Å². The lowest BCUT2D eigenvalue weighted by molar-refractivity contribution is -0.121. The highest BCUT2D eigenvalue weighted by Crippen LogP contribution is 2.39. The van der Waals surface area contributed by atoms with E-state index in [0.717, 1.165) is 22.6 Å². The molecule has 2 aliphatic heterocycles. The first-order valence-electron chi connectivity index (χ1n) is 11.4. The molecule has 2 amide bonds. The van der Waals surface area contributed by atoms with Crippen molar-refractivity contribution < 1.29 is 14.3 Å². The fourth-order valence-electron chi connectivity index (χ4n) is 4.14. The predicted molar refractivity (Wildman–Crippen MR) is 144 cm³/mol. The van der Waals surface area contributed by atoms with Gasteiger partial charge in [-0.2, -0.15) is 10.1 Å². The zero-order chi connectivity index (χ0) is 25.1. The molecule has 0 saturated carbocycles. The van der Waals surface area contributed by atoms with Crippen molar-refractivity contribution >= 4 is 51.7 Å². The predicted octanol–water partition coefficient (Wildman–Crippen LogP) is 5.53. The van der Waals surface area contributed by atoms with Crippen molar-refractivity contribution in [3.63, 3.8) is 0 Å². The van der Waals surface area contributed by atoms with Crippen molar-refractivity contribution in [3.8, 4) is 5.75 Å². The smallest absolute Gasteiger partial charge is 0.262 e. The molecule has 9 heteroatoms. The lowest BCUT2D eigenvalue weighted by Gasteiger charge is -2.23. The second kappa shape index (κ2) is 10.6. The molecule has 0 bridgehead atoms. The Morgan fingerprint density at radius 3 is 2.67 bits per heavy atom. The van der Waals surface area contributed by atoms with Crippen LogP contribution in [0.4, 0.5) is 5.69 Å². The molecule has 2 aliphatic rings. The van der Waals surface area contributed by atoms with E-state index < -0.39 is 5.25 Å². The van der Waals surface area contributed by atoms with E-state index in [4.69, 9.17) is 21.4 Å². The maximum absolute atomic E-state index is 12.8. The van der Waals surface area contributed by atoms with E-state index >= 15 is 0 Å². The number of thioether (sulfide) groups is 1. The summed E-state index contributed by atoms with van der Waals surface area (Å²) in [4.78, 5) is 29.7. The van der Waals surface area contributed by atoms with Crippen molar-refractivity contribution in [2.75, 3.05) is 12.4 Å². The Morgan fingerprint density at radius 2 is 1.89 bits per heavy atom. The molecule has 0 radical (unpaired) electrons. The van der Waals surface area contributed by atoms with Gasteiger partial charge < -0.3 is 10.1 Å². The topological polar surface area (TPSA) is 83.4 Å². The first-order valence-corrected chi connectivity index (χ1v) is 12.7. The number of nitrogens with one attached hydrogen (secondary N) is 1. The lowest BCUT2D eigenvalue weighted by atomic mass is 9.98. The van der Waals surface area contributed by atoms with Crippen LogP contribution in [-0.4, -0.2) is 40.1 Å². The van der Waals surface area contributed by atoms with Crippen molar-refractivity contribution in [2.24, 2.45) is 10.1 Å². The number of amides is 2. The molecule has 1 N–H and O–H groups in total. The van der Waals surface area contributed by atoms with E-state index in [-0.39, 0.29) is 24.3 Å². The number of amidine groups is 1. The molecular weight excluding hydrogens is 496 g/mol. The Morgan fingerprint density at radius 1 is 1.11 bits per heavy atom. The molecule has 36 heavy (non-hydrogen) atoms. The standard InChI is InChI=1S/C27H23ClN4O3S/c1-35-19-11-7-10-18(14-19)22-15-23(17-8-3-2-4-9-17)32(31-22)27-30-26(34)24(36-27)16-25(33)29-21-13-6-5-12-20(21)28/h2-14,23-24H,15-16H2,1H3,(H,29,33)/t23-,24+/m0/s1.